The second-order valence-electron chi connectivity index (χ2n) is 5.97. The van der Waals surface area contributed by atoms with Crippen molar-refractivity contribution >= 4 is 23.4 Å². The molecule has 0 saturated heterocycles. The highest BCUT2D eigenvalue weighted by atomic mass is 32.2. The molecule has 0 aliphatic heterocycles. The fourth-order valence-electron chi connectivity index (χ4n) is 2.76. The lowest BCUT2D eigenvalue weighted by Gasteiger charge is -2.21. The number of thioether (sulfide) groups is 1. The predicted molar refractivity (Wildman–Crippen MR) is 112 cm³/mol. The van der Waals surface area contributed by atoms with Crippen molar-refractivity contribution < 1.29 is 14.3 Å². The van der Waals surface area contributed by atoms with Crippen LogP contribution in [-0.4, -0.2) is 43.9 Å². The lowest BCUT2D eigenvalue weighted by molar-refractivity contribution is -0.117. The fourth-order valence-corrected chi connectivity index (χ4v) is 3.32. The summed E-state index contributed by atoms with van der Waals surface area (Å²) in [7, 11) is 1.63. The van der Waals surface area contributed by atoms with E-state index in [1.54, 1.807) is 18.9 Å². The minimum Gasteiger partial charge on any atom is -0.493 e. The first-order chi connectivity index (χ1) is 13.1. The molecule has 146 valence electrons. The van der Waals surface area contributed by atoms with Gasteiger partial charge in [0.05, 0.1) is 25.9 Å². The van der Waals surface area contributed by atoms with Gasteiger partial charge in [0.15, 0.2) is 11.5 Å². The maximum atomic E-state index is 12.5. The van der Waals surface area contributed by atoms with E-state index in [2.05, 4.69) is 17.1 Å². The van der Waals surface area contributed by atoms with Crippen LogP contribution in [0.5, 0.6) is 11.5 Å². The van der Waals surface area contributed by atoms with Crippen LogP contribution in [0.25, 0.3) is 0 Å². The predicted octanol–water partition coefficient (Wildman–Crippen LogP) is 4.28. The molecule has 2 aromatic rings. The Labute approximate surface area is 166 Å². The van der Waals surface area contributed by atoms with Gasteiger partial charge < -0.3 is 14.8 Å². The van der Waals surface area contributed by atoms with Gasteiger partial charge in [-0.3, -0.25) is 9.69 Å². The number of hydrogen-bond donors (Lipinski definition) is 1. The van der Waals surface area contributed by atoms with Crippen molar-refractivity contribution in [3.63, 3.8) is 0 Å². The van der Waals surface area contributed by atoms with Gasteiger partial charge in [-0.05, 0) is 49.6 Å². The number of hydrogen-bond acceptors (Lipinski definition) is 5. The van der Waals surface area contributed by atoms with E-state index in [1.165, 1.54) is 0 Å². The van der Waals surface area contributed by atoms with E-state index in [0.717, 1.165) is 28.4 Å². The third-order valence-corrected chi connectivity index (χ3v) is 4.93. The summed E-state index contributed by atoms with van der Waals surface area (Å²) in [5.41, 5.74) is 1.93. The van der Waals surface area contributed by atoms with E-state index >= 15 is 0 Å². The number of likely N-dealkylation sites (N-methyl/N-ethyl adjacent to an activating group) is 1. The molecule has 2 aromatic carbocycles. The van der Waals surface area contributed by atoms with Gasteiger partial charge in [0.2, 0.25) is 5.91 Å². The number of carbonyl (C=O) groups excluding carboxylic acids is 1. The van der Waals surface area contributed by atoms with Crippen molar-refractivity contribution in [1.29, 1.82) is 0 Å². The Hall–Kier alpha value is -2.18. The average molecular weight is 389 g/mol. The Morgan fingerprint density at radius 3 is 2.59 bits per heavy atom. The average Bonchev–Trinajstić information content (AvgIpc) is 2.69. The topological polar surface area (TPSA) is 50.8 Å². The lowest BCUT2D eigenvalue weighted by Crippen LogP contribution is -2.32. The van der Waals surface area contributed by atoms with Gasteiger partial charge in [0.25, 0.3) is 0 Å². The summed E-state index contributed by atoms with van der Waals surface area (Å²) in [5.74, 6) is 1.43. The van der Waals surface area contributed by atoms with Crippen molar-refractivity contribution in [3.8, 4) is 11.5 Å². The van der Waals surface area contributed by atoms with Gasteiger partial charge in [0, 0.05) is 11.4 Å². The zero-order valence-corrected chi connectivity index (χ0v) is 17.3. The molecular weight excluding hydrogens is 360 g/mol. The van der Waals surface area contributed by atoms with Crippen molar-refractivity contribution in [2.75, 3.05) is 38.4 Å². The molecule has 0 atom stereocenters. The van der Waals surface area contributed by atoms with Crippen LogP contribution in [0.4, 0.5) is 5.69 Å². The van der Waals surface area contributed by atoms with Gasteiger partial charge in [-0.15, -0.1) is 11.8 Å². The quantitative estimate of drug-likeness (QED) is 0.616. The number of anilines is 1. The van der Waals surface area contributed by atoms with Crippen LogP contribution in [-0.2, 0) is 11.3 Å². The molecule has 27 heavy (non-hydrogen) atoms. The molecule has 0 aliphatic carbocycles. The molecule has 0 aliphatic rings. The molecule has 0 heterocycles. The number of carbonyl (C=O) groups is 1. The highest BCUT2D eigenvalue weighted by Gasteiger charge is 2.13. The summed E-state index contributed by atoms with van der Waals surface area (Å²) in [4.78, 5) is 15.6. The molecule has 0 radical (unpaired) electrons. The van der Waals surface area contributed by atoms with Crippen LogP contribution in [0.3, 0.4) is 0 Å². The smallest absolute Gasteiger partial charge is 0.238 e. The van der Waals surface area contributed by atoms with Crippen molar-refractivity contribution in [2.45, 2.75) is 25.3 Å². The molecule has 0 spiro atoms. The number of nitrogens with one attached hydrogen (secondary N) is 1. The van der Waals surface area contributed by atoms with E-state index in [1.807, 2.05) is 55.6 Å². The van der Waals surface area contributed by atoms with Crippen LogP contribution in [0, 0.1) is 0 Å². The van der Waals surface area contributed by atoms with Crippen molar-refractivity contribution in [1.82, 2.24) is 4.90 Å². The summed E-state index contributed by atoms with van der Waals surface area (Å²) < 4.78 is 11.0. The van der Waals surface area contributed by atoms with Crippen LogP contribution >= 0.6 is 11.8 Å². The maximum absolute atomic E-state index is 12.5. The van der Waals surface area contributed by atoms with Crippen molar-refractivity contribution in [3.05, 3.63) is 48.0 Å². The minimum atomic E-state index is -0.0174. The number of benzene rings is 2. The molecule has 6 heteroatoms. The number of para-hydroxylation sites is 1. The van der Waals surface area contributed by atoms with E-state index in [-0.39, 0.29) is 5.91 Å². The molecule has 1 amide bonds. The Kier molecular flexibility index (Phi) is 8.48. The van der Waals surface area contributed by atoms with Crippen molar-refractivity contribution in [2.24, 2.45) is 0 Å². The molecule has 0 bridgehead atoms. The lowest BCUT2D eigenvalue weighted by atomic mass is 10.2. The van der Waals surface area contributed by atoms with E-state index < -0.39 is 0 Å². The third kappa shape index (κ3) is 6.19. The number of ether oxygens (including phenoxy) is 2. The molecule has 5 nitrogen and oxygen atoms in total. The van der Waals surface area contributed by atoms with Crippen LogP contribution < -0.4 is 14.8 Å². The van der Waals surface area contributed by atoms with Crippen LogP contribution in [0.2, 0.25) is 0 Å². The summed E-state index contributed by atoms with van der Waals surface area (Å²) in [6, 6.07) is 13.7. The highest BCUT2D eigenvalue weighted by Crippen LogP contribution is 2.28. The summed E-state index contributed by atoms with van der Waals surface area (Å²) >= 11 is 1.62. The molecule has 0 unspecified atom stereocenters. The van der Waals surface area contributed by atoms with Gasteiger partial charge in [-0.1, -0.05) is 25.1 Å². The van der Waals surface area contributed by atoms with Gasteiger partial charge in [-0.25, -0.2) is 0 Å². The number of methoxy groups -OCH3 is 1. The molecule has 2 rings (SSSR count). The summed E-state index contributed by atoms with van der Waals surface area (Å²) in [6.07, 6.45) is 2.00. The number of nitrogens with zero attached hydrogens (tertiary/aromatic N) is 1. The first-order valence-electron chi connectivity index (χ1n) is 9.06. The largest absolute Gasteiger partial charge is 0.493 e. The Morgan fingerprint density at radius 2 is 1.93 bits per heavy atom. The Balaban J connectivity index is 2.01. The monoisotopic (exact) mass is 388 g/mol. The molecule has 0 fully saturated rings. The number of amides is 1. The first-order valence-corrected chi connectivity index (χ1v) is 10.3. The van der Waals surface area contributed by atoms with Gasteiger partial charge >= 0.3 is 0 Å². The van der Waals surface area contributed by atoms with E-state index in [0.29, 0.717) is 25.4 Å². The fraction of sp³-hybridized carbons (Fsp3) is 0.381. The molecule has 0 aromatic heterocycles. The molecular formula is C21H28N2O3S. The van der Waals surface area contributed by atoms with Gasteiger partial charge in [-0.2, -0.15) is 0 Å². The zero-order valence-electron chi connectivity index (χ0n) is 16.5. The van der Waals surface area contributed by atoms with E-state index in [4.69, 9.17) is 9.47 Å². The first kappa shape index (κ1) is 21.1. The second-order valence-corrected chi connectivity index (χ2v) is 6.82. The molecule has 0 saturated carbocycles. The zero-order chi connectivity index (χ0) is 19.6. The summed E-state index contributed by atoms with van der Waals surface area (Å²) in [5, 5.41) is 3.01. The Bertz CT molecular complexity index is 752. The minimum absolute atomic E-state index is 0.0174. The van der Waals surface area contributed by atoms with Crippen LogP contribution in [0.1, 0.15) is 19.4 Å². The SMILES string of the molecule is CCOc1ccc(CN(CC)CC(=O)Nc2ccccc2SC)cc1OC. The summed E-state index contributed by atoms with van der Waals surface area (Å²) in [6.45, 7) is 6.35. The second kappa shape index (κ2) is 10.8. The highest BCUT2D eigenvalue weighted by molar-refractivity contribution is 7.98. The van der Waals surface area contributed by atoms with Crippen LogP contribution in [0.15, 0.2) is 47.4 Å². The maximum Gasteiger partial charge on any atom is 0.238 e. The third-order valence-electron chi connectivity index (χ3n) is 4.13. The van der Waals surface area contributed by atoms with Gasteiger partial charge in [0.1, 0.15) is 0 Å². The Morgan fingerprint density at radius 1 is 1.15 bits per heavy atom. The number of rotatable bonds is 10. The van der Waals surface area contributed by atoms with E-state index in [9.17, 15) is 4.79 Å². The normalized spacial score (nSPS) is 10.7. The molecule has 1 N–H and O–H groups in total. The standard InChI is InChI=1S/C21H28N2O3S/c1-5-23(14-16-11-12-18(26-6-2)19(13-16)25-3)15-21(24)22-17-9-7-8-10-20(17)27-4/h7-13H,5-6,14-15H2,1-4H3,(H,22,24).